The lowest BCUT2D eigenvalue weighted by atomic mass is 10.0. The van der Waals surface area contributed by atoms with Crippen LogP contribution in [0.4, 0.5) is 10.1 Å². The molecule has 2 aromatic carbocycles. The molecule has 2 aliphatic heterocycles. The molecule has 4 rings (SSSR count). The molecular weight excluding hydrogens is 391 g/mol. The number of halogens is 1. The zero-order valence-electron chi connectivity index (χ0n) is 16.3. The fourth-order valence-corrected chi connectivity index (χ4v) is 5.44. The van der Waals surface area contributed by atoms with Crippen molar-refractivity contribution in [2.75, 3.05) is 24.5 Å². The summed E-state index contributed by atoms with van der Waals surface area (Å²) < 4.78 is 40.9. The molecule has 0 aliphatic carbocycles. The van der Waals surface area contributed by atoms with Crippen LogP contribution >= 0.6 is 0 Å². The summed E-state index contributed by atoms with van der Waals surface area (Å²) in [5.41, 5.74) is 3.65. The molecule has 0 saturated heterocycles. The van der Waals surface area contributed by atoms with Gasteiger partial charge in [-0.2, -0.15) is 4.31 Å². The quantitative estimate of drug-likeness (QED) is 0.771. The summed E-state index contributed by atoms with van der Waals surface area (Å²) in [4.78, 5) is 13.8. The minimum absolute atomic E-state index is 0.0314. The van der Waals surface area contributed by atoms with Crippen molar-refractivity contribution in [1.82, 2.24) is 4.31 Å². The molecule has 7 heteroatoms. The molecule has 0 saturated carbocycles. The summed E-state index contributed by atoms with van der Waals surface area (Å²) in [7, 11) is -3.62. The molecule has 0 bridgehead atoms. The zero-order valence-corrected chi connectivity index (χ0v) is 17.1. The van der Waals surface area contributed by atoms with Crippen LogP contribution < -0.4 is 4.90 Å². The van der Waals surface area contributed by atoms with Crippen LogP contribution in [0.25, 0.3) is 5.57 Å². The summed E-state index contributed by atoms with van der Waals surface area (Å²) >= 11 is 0. The molecule has 0 spiro atoms. The molecule has 1 amide bonds. The number of amides is 1. The first kappa shape index (κ1) is 19.8. The summed E-state index contributed by atoms with van der Waals surface area (Å²) in [6, 6.07) is 11.3. The van der Waals surface area contributed by atoms with Crippen LogP contribution in [0.3, 0.4) is 0 Å². The number of rotatable bonds is 3. The van der Waals surface area contributed by atoms with Crippen molar-refractivity contribution in [2.24, 2.45) is 0 Å². The maximum Gasteiger partial charge on any atom is 0.243 e. The minimum atomic E-state index is -3.62. The highest BCUT2D eigenvalue weighted by Crippen LogP contribution is 2.32. The first-order valence-corrected chi connectivity index (χ1v) is 11.2. The lowest BCUT2D eigenvalue weighted by Crippen LogP contribution is -2.35. The molecule has 2 aromatic rings. The third kappa shape index (κ3) is 3.84. The third-order valence-corrected chi connectivity index (χ3v) is 7.44. The van der Waals surface area contributed by atoms with Gasteiger partial charge in [-0.3, -0.25) is 4.79 Å². The highest BCUT2D eigenvalue weighted by atomic mass is 32.2. The molecule has 0 N–H and O–H groups in total. The second-order valence-electron chi connectivity index (χ2n) is 7.41. The van der Waals surface area contributed by atoms with E-state index in [2.05, 4.69) is 0 Å². The molecule has 0 radical (unpaired) electrons. The SMILES string of the molecule is CC(=O)N1CCCc2cc(S(=O)(=O)N3CC=C(c4ccc(F)cc4)CC3)ccc21. The van der Waals surface area contributed by atoms with Gasteiger partial charge in [-0.15, -0.1) is 0 Å². The number of nitrogens with zero attached hydrogens (tertiary/aromatic N) is 2. The maximum absolute atomic E-state index is 13.1. The van der Waals surface area contributed by atoms with Gasteiger partial charge in [-0.05, 0) is 66.3 Å². The summed E-state index contributed by atoms with van der Waals surface area (Å²) in [5, 5.41) is 0. The lowest BCUT2D eigenvalue weighted by Gasteiger charge is -2.30. The fourth-order valence-electron chi connectivity index (χ4n) is 4.01. The van der Waals surface area contributed by atoms with Crippen molar-refractivity contribution >= 4 is 27.2 Å². The number of aryl methyl sites for hydroxylation is 1. The van der Waals surface area contributed by atoms with Crippen LogP contribution in [0.1, 0.15) is 30.9 Å². The van der Waals surface area contributed by atoms with Gasteiger partial charge in [-0.1, -0.05) is 18.2 Å². The van der Waals surface area contributed by atoms with Crippen molar-refractivity contribution in [1.29, 1.82) is 0 Å². The number of hydrogen-bond acceptors (Lipinski definition) is 3. The van der Waals surface area contributed by atoms with Gasteiger partial charge in [0.15, 0.2) is 0 Å². The normalized spacial score (nSPS) is 17.6. The van der Waals surface area contributed by atoms with Gasteiger partial charge in [-0.25, -0.2) is 12.8 Å². The largest absolute Gasteiger partial charge is 0.312 e. The molecule has 0 unspecified atom stereocenters. The van der Waals surface area contributed by atoms with Crippen molar-refractivity contribution in [3.05, 3.63) is 65.5 Å². The fraction of sp³-hybridized carbons (Fsp3) is 0.318. The number of fused-ring (bicyclic) bond motifs is 1. The highest BCUT2D eigenvalue weighted by Gasteiger charge is 2.28. The Morgan fingerprint density at radius 2 is 1.79 bits per heavy atom. The van der Waals surface area contributed by atoms with Gasteiger partial charge in [0, 0.05) is 32.2 Å². The Balaban J connectivity index is 1.57. The highest BCUT2D eigenvalue weighted by molar-refractivity contribution is 7.89. The van der Waals surface area contributed by atoms with Gasteiger partial charge in [0.25, 0.3) is 0 Å². The van der Waals surface area contributed by atoms with Crippen molar-refractivity contribution in [3.8, 4) is 0 Å². The van der Waals surface area contributed by atoms with E-state index in [0.29, 0.717) is 19.5 Å². The molecule has 0 fully saturated rings. The first-order chi connectivity index (χ1) is 13.9. The third-order valence-electron chi connectivity index (χ3n) is 5.57. The molecule has 5 nitrogen and oxygen atoms in total. The maximum atomic E-state index is 13.1. The number of sulfonamides is 1. The second-order valence-corrected chi connectivity index (χ2v) is 9.35. The molecule has 2 aliphatic rings. The van der Waals surface area contributed by atoms with E-state index in [9.17, 15) is 17.6 Å². The van der Waals surface area contributed by atoms with Crippen LogP contribution in [0.15, 0.2) is 53.4 Å². The predicted octanol–water partition coefficient (Wildman–Crippen LogP) is 3.60. The van der Waals surface area contributed by atoms with Gasteiger partial charge >= 0.3 is 0 Å². The Bertz CT molecular complexity index is 1080. The van der Waals surface area contributed by atoms with Crippen molar-refractivity contribution in [3.63, 3.8) is 0 Å². The summed E-state index contributed by atoms with van der Waals surface area (Å²) in [5.74, 6) is -0.318. The number of carbonyl (C=O) groups excluding carboxylic acids is 1. The van der Waals surface area contributed by atoms with E-state index in [4.69, 9.17) is 0 Å². The average Bonchev–Trinajstić information content (AvgIpc) is 2.73. The van der Waals surface area contributed by atoms with Crippen molar-refractivity contribution in [2.45, 2.75) is 31.1 Å². The van der Waals surface area contributed by atoms with E-state index in [1.807, 2.05) is 6.08 Å². The molecule has 2 heterocycles. The Morgan fingerprint density at radius 3 is 2.45 bits per heavy atom. The Morgan fingerprint density at radius 1 is 1.03 bits per heavy atom. The van der Waals surface area contributed by atoms with E-state index in [0.717, 1.165) is 35.2 Å². The minimum Gasteiger partial charge on any atom is -0.312 e. The van der Waals surface area contributed by atoms with E-state index >= 15 is 0 Å². The van der Waals surface area contributed by atoms with Gasteiger partial charge in [0.1, 0.15) is 5.82 Å². The van der Waals surface area contributed by atoms with Crippen molar-refractivity contribution < 1.29 is 17.6 Å². The van der Waals surface area contributed by atoms with Gasteiger partial charge < -0.3 is 4.90 Å². The van der Waals surface area contributed by atoms with E-state index in [-0.39, 0.29) is 23.2 Å². The number of hydrogen-bond donors (Lipinski definition) is 0. The van der Waals surface area contributed by atoms with E-state index in [1.54, 1.807) is 35.2 Å². The molecule has 29 heavy (non-hydrogen) atoms. The Labute approximate surface area is 170 Å². The van der Waals surface area contributed by atoms with E-state index in [1.165, 1.54) is 23.4 Å². The molecule has 0 aromatic heterocycles. The average molecular weight is 415 g/mol. The topological polar surface area (TPSA) is 57.7 Å². The molecule has 0 atom stereocenters. The van der Waals surface area contributed by atoms with Crippen LogP contribution in [0.2, 0.25) is 0 Å². The number of anilines is 1. The van der Waals surface area contributed by atoms with Gasteiger partial charge in [0.2, 0.25) is 15.9 Å². The monoisotopic (exact) mass is 414 g/mol. The van der Waals surface area contributed by atoms with Crippen LogP contribution in [-0.4, -0.2) is 38.3 Å². The standard InChI is InChI=1S/C22H23FN2O3S/c1-16(26)25-12-2-3-19-15-21(8-9-22(19)25)29(27,28)24-13-10-18(11-14-24)17-4-6-20(23)7-5-17/h4-10,15H,2-3,11-14H2,1H3. The summed E-state index contributed by atoms with van der Waals surface area (Å²) in [6.45, 7) is 2.85. The number of benzene rings is 2. The van der Waals surface area contributed by atoms with Crippen LogP contribution in [0, 0.1) is 5.82 Å². The van der Waals surface area contributed by atoms with Gasteiger partial charge in [0.05, 0.1) is 4.90 Å². The predicted molar refractivity (Wildman–Crippen MR) is 111 cm³/mol. The zero-order chi connectivity index (χ0) is 20.6. The van der Waals surface area contributed by atoms with Crippen LogP contribution in [0.5, 0.6) is 0 Å². The summed E-state index contributed by atoms with van der Waals surface area (Å²) in [6.07, 6.45) is 4.05. The second kappa shape index (κ2) is 7.72. The Kier molecular flexibility index (Phi) is 5.27. The van der Waals surface area contributed by atoms with Crippen LogP contribution in [-0.2, 0) is 21.2 Å². The first-order valence-electron chi connectivity index (χ1n) is 9.72. The lowest BCUT2D eigenvalue weighted by molar-refractivity contribution is -0.116. The smallest absolute Gasteiger partial charge is 0.243 e. The molecular formula is C22H23FN2O3S. The van der Waals surface area contributed by atoms with E-state index < -0.39 is 10.0 Å². The molecule has 152 valence electrons. The Hall–Kier alpha value is -2.51. The number of carbonyl (C=O) groups is 1.